The lowest BCUT2D eigenvalue weighted by atomic mass is 9.96. The molecule has 0 saturated heterocycles. The average molecular weight is 410 g/mol. The number of hydrogen-bond acceptors (Lipinski definition) is 4. The number of benzene rings is 1. The molecule has 0 spiro atoms. The van der Waals surface area contributed by atoms with Gasteiger partial charge in [-0.05, 0) is 39.3 Å². The van der Waals surface area contributed by atoms with Crippen LogP contribution in [0.25, 0.3) is 0 Å². The van der Waals surface area contributed by atoms with Crippen LogP contribution in [0.2, 0.25) is 0 Å². The van der Waals surface area contributed by atoms with Crippen molar-refractivity contribution < 1.29 is 9.52 Å². The third-order valence-corrected chi connectivity index (χ3v) is 4.94. The Morgan fingerprint density at radius 2 is 2.00 bits per heavy atom. The van der Waals surface area contributed by atoms with E-state index in [2.05, 4.69) is 37.3 Å². The molecule has 2 aromatic heterocycles. The molecule has 0 aliphatic carbocycles. The lowest BCUT2D eigenvalue weighted by molar-refractivity contribution is 0.0601. The first-order chi connectivity index (χ1) is 14.4. The first-order valence-corrected chi connectivity index (χ1v) is 10.2. The fourth-order valence-electron chi connectivity index (χ4n) is 3.42. The number of aliphatic imine (C=N–C) groups is 1. The molecule has 0 aliphatic rings. The van der Waals surface area contributed by atoms with E-state index in [0.717, 1.165) is 36.0 Å². The number of aromatic nitrogens is 2. The van der Waals surface area contributed by atoms with Crippen molar-refractivity contribution in [3.05, 3.63) is 77.3 Å². The van der Waals surface area contributed by atoms with E-state index in [1.165, 1.54) is 5.56 Å². The van der Waals surface area contributed by atoms with Gasteiger partial charge in [-0.1, -0.05) is 30.3 Å². The summed E-state index contributed by atoms with van der Waals surface area (Å²) in [6.45, 7) is 9.73. The predicted molar refractivity (Wildman–Crippen MR) is 118 cm³/mol. The number of nitrogens with zero attached hydrogens (tertiary/aromatic N) is 3. The summed E-state index contributed by atoms with van der Waals surface area (Å²) >= 11 is 0. The molecule has 3 aromatic rings. The second kappa shape index (κ2) is 9.63. The Balaban J connectivity index is 1.67. The summed E-state index contributed by atoms with van der Waals surface area (Å²) in [7, 11) is 0. The van der Waals surface area contributed by atoms with Gasteiger partial charge in [-0.3, -0.25) is 0 Å². The SMILES string of the molecule is CCNC(=NCc1nccn1Cc1ccccc1)NCC(C)(O)c1cc(C)oc1C. The molecule has 1 atom stereocenters. The number of guanidine groups is 1. The molecule has 30 heavy (non-hydrogen) atoms. The van der Waals surface area contributed by atoms with Gasteiger partial charge in [0.05, 0.1) is 6.54 Å². The Kier molecular flexibility index (Phi) is 6.95. The van der Waals surface area contributed by atoms with Crippen molar-refractivity contribution >= 4 is 5.96 Å². The Labute approximate surface area is 177 Å². The Morgan fingerprint density at radius 1 is 1.23 bits per heavy atom. The van der Waals surface area contributed by atoms with Crippen molar-refractivity contribution in [1.82, 2.24) is 20.2 Å². The van der Waals surface area contributed by atoms with Crippen LogP contribution in [0.4, 0.5) is 0 Å². The van der Waals surface area contributed by atoms with Crippen molar-refractivity contribution in [1.29, 1.82) is 0 Å². The number of rotatable bonds is 8. The van der Waals surface area contributed by atoms with Crippen LogP contribution in [0.3, 0.4) is 0 Å². The van der Waals surface area contributed by atoms with E-state index in [9.17, 15) is 5.11 Å². The molecule has 0 bridgehead atoms. The van der Waals surface area contributed by atoms with Gasteiger partial charge in [0.15, 0.2) is 5.96 Å². The molecule has 3 N–H and O–H groups in total. The van der Waals surface area contributed by atoms with Gasteiger partial charge in [0.2, 0.25) is 0 Å². The summed E-state index contributed by atoms with van der Waals surface area (Å²) in [5.41, 5.74) is 0.915. The van der Waals surface area contributed by atoms with Crippen LogP contribution in [0.1, 0.15) is 42.3 Å². The van der Waals surface area contributed by atoms with Gasteiger partial charge >= 0.3 is 0 Å². The van der Waals surface area contributed by atoms with Crippen molar-refractivity contribution in [3.8, 4) is 0 Å². The second-order valence-corrected chi connectivity index (χ2v) is 7.61. The molecule has 2 heterocycles. The average Bonchev–Trinajstić information content (AvgIpc) is 3.30. The van der Waals surface area contributed by atoms with E-state index in [4.69, 9.17) is 4.42 Å². The highest BCUT2D eigenvalue weighted by Gasteiger charge is 2.27. The van der Waals surface area contributed by atoms with E-state index in [0.29, 0.717) is 19.0 Å². The zero-order valence-electron chi connectivity index (χ0n) is 18.1. The zero-order valence-corrected chi connectivity index (χ0v) is 18.1. The van der Waals surface area contributed by atoms with Gasteiger partial charge in [-0.15, -0.1) is 0 Å². The fourth-order valence-corrected chi connectivity index (χ4v) is 3.42. The Morgan fingerprint density at radius 3 is 2.67 bits per heavy atom. The van der Waals surface area contributed by atoms with E-state index in [1.807, 2.05) is 51.2 Å². The molecular formula is C23H31N5O2. The minimum atomic E-state index is -1.08. The minimum Gasteiger partial charge on any atom is -0.466 e. The van der Waals surface area contributed by atoms with Crippen LogP contribution < -0.4 is 10.6 Å². The third kappa shape index (κ3) is 5.51. The first-order valence-electron chi connectivity index (χ1n) is 10.2. The van der Waals surface area contributed by atoms with Crippen molar-refractivity contribution in [3.63, 3.8) is 0 Å². The highest BCUT2D eigenvalue weighted by Crippen LogP contribution is 2.26. The van der Waals surface area contributed by atoms with Gasteiger partial charge in [0.25, 0.3) is 0 Å². The smallest absolute Gasteiger partial charge is 0.191 e. The monoisotopic (exact) mass is 409 g/mol. The minimum absolute atomic E-state index is 0.303. The Bertz CT molecular complexity index is 973. The van der Waals surface area contributed by atoms with Gasteiger partial charge in [0.1, 0.15) is 29.5 Å². The summed E-state index contributed by atoms with van der Waals surface area (Å²) in [6, 6.07) is 12.2. The number of aryl methyl sites for hydroxylation is 2. The molecule has 0 aliphatic heterocycles. The highest BCUT2D eigenvalue weighted by molar-refractivity contribution is 5.79. The lowest BCUT2D eigenvalue weighted by Crippen LogP contribution is -2.44. The van der Waals surface area contributed by atoms with Crippen LogP contribution in [-0.2, 0) is 18.7 Å². The maximum absolute atomic E-state index is 10.9. The maximum Gasteiger partial charge on any atom is 0.191 e. The van der Waals surface area contributed by atoms with E-state index >= 15 is 0 Å². The molecule has 7 heteroatoms. The summed E-state index contributed by atoms with van der Waals surface area (Å²) in [5.74, 6) is 3.02. The molecule has 0 radical (unpaired) electrons. The molecule has 0 amide bonds. The van der Waals surface area contributed by atoms with Gasteiger partial charge < -0.3 is 24.7 Å². The zero-order chi connectivity index (χ0) is 21.6. The molecule has 1 unspecified atom stereocenters. The molecule has 1 aromatic carbocycles. The second-order valence-electron chi connectivity index (χ2n) is 7.61. The van der Waals surface area contributed by atoms with Gasteiger partial charge in [-0.2, -0.15) is 0 Å². The summed E-state index contributed by atoms with van der Waals surface area (Å²) in [6.07, 6.45) is 3.76. The van der Waals surface area contributed by atoms with Crippen molar-refractivity contribution in [2.75, 3.05) is 13.1 Å². The number of aliphatic hydroxyl groups is 1. The standard InChI is InChI=1S/C23H31N5O2/c1-5-24-22(27-16-23(4,29)20-13-17(2)30-18(20)3)26-14-21-25-11-12-28(21)15-19-9-7-6-8-10-19/h6-13,29H,5,14-16H2,1-4H3,(H2,24,26,27). The first kappa shape index (κ1) is 21.6. The number of nitrogens with one attached hydrogen (secondary N) is 2. The highest BCUT2D eigenvalue weighted by atomic mass is 16.3. The normalized spacial score (nSPS) is 13.8. The number of imidazole rings is 1. The van der Waals surface area contributed by atoms with E-state index < -0.39 is 5.60 Å². The summed E-state index contributed by atoms with van der Waals surface area (Å²) < 4.78 is 7.66. The van der Waals surface area contributed by atoms with E-state index in [-0.39, 0.29) is 0 Å². The lowest BCUT2D eigenvalue weighted by Gasteiger charge is -2.24. The molecule has 0 saturated carbocycles. The van der Waals surface area contributed by atoms with Gasteiger partial charge in [0, 0.05) is 31.0 Å². The number of hydrogen-bond donors (Lipinski definition) is 3. The molecule has 0 fully saturated rings. The molecule has 3 rings (SSSR count). The molecular weight excluding hydrogens is 378 g/mol. The fraction of sp³-hybridized carbons (Fsp3) is 0.391. The van der Waals surface area contributed by atoms with Gasteiger partial charge in [-0.25, -0.2) is 9.98 Å². The van der Waals surface area contributed by atoms with Crippen LogP contribution in [0.5, 0.6) is 0 Å². The molecule has 160 valence electrons. The quantitative estimate of drug-likeness (QED) is 0.393. The van der Waals surface area contributed by atoms with Crippen molar-refractivity contribution in [2.24, 2.45) is 4.99 Å². The number of furan rings is 1. The topological polar surface area (TPSA) is 87.6 Å². The van der Waals surface area contributed by atoms with Crippen LogP contribution in [0, 0.1) is 13.8 Å². The van der Waals surface area contributed by atoms with Crippen LogP contribution in [-0.4, -0.2) is 33.7 Å². The summed E-state index contributed by atoms with van der Waals surface area (Å²) in [4.78, 5) is 9.11. The van der Waals surface area contributed by atoms with Crippen molar-refractivity contribution in [2.45, 2.75) is 46.4 Å². The predicted octanol–water partition coefficient (Wildman–Crippen LogP) is 3.10. The van der Waals surface area contributed by atoms with Crippen LogP contribution >= 0.6 is 0 Å². The largest absolute Gasteiger partial charge is 0.466 e. The van der Waals surface area contributed by atoms with E-state index in [1.54, 1.807) is 13.1 Å². The molecule has 7 nitrogen and oxygen atoms in total. The summed E-state index contributed by atoms with van der Waals surface area (Å²) in [5, 5.41) is 17.4. The Hall–Kier alpha value is -3.06. The third-order valence-electron chi connectivity index (χ3n) is 4.94. The maximum atomic E-state index is 10.9. The van der Waals surface area contributed by atoms with Crippen LogP contribution in [0.15, 0.2) is 58.2 Å².